The summed E-state index contributed by atoms with van der Waals surface area (Å²) < 4.78 is 0. The monoisotopic (exact) mass is 195 g/mol. The fourth-order valence-corrected chi connectivity index (χ4v) is 1.69. The van der Waals surface area contributed by atoms with Gasteiger partial charge < -0.3 is 0 Å². The number of hydrogen-bond donors (Lipinski definition) is 0. The maximum atomic E-state index is 4.29. The minimum atomic E-state index is 0.954. The predicted octanol–water partition coefficient (Wildman–Crippen LogP) is 3.81. The van der Waals surface area contributed by atoms with Crippen LogP contribution < -0.4 is 0 Å². The van der Waals surface area contributed by atoms with Gasteiger partial charge in [-0.1, -0.05) is 25.6 Å². The fourth-order valence-electron chi connectivity index (χ4n) is 1.69. The Labute approximate surface area is 89.8 Å². The van der Waals surface area contributed by atoms with Gasteiger partial charge in [-0.3, -0.25) is 4.98 Å². The van der Waals surface area contributed by atoms with Crippen LogP contribution in [0.15, 0.2) is 48.8 Å². The SMILES string of the molecule is C=C=C(CC)c1ccc2ncccc2c1. The first kappa shape index (κ1) is 9.70. The van der Waals surface area contributed by atoms with E-state index in [1.54, 1.807) is 0 Å². The smallest absolute Gasteiger partial charge is 0.0702 e. The van der Waals surface area contributed by atoms with Gasteiger partial charge in [0.2, 0.25) is 0 Å². The molecule has 1 nitrogen and oxygen atoms in total. The molecule has 74 valence electrons. The largest absolute Gasteiger partial charge is 0.256 e. The number of fused-ring (bicyclic) bond motifs is 1. The highest BCUT2D eigenvalue weighted by atomic mass is 14.6. The summed E-state index contributed by atoms with van der Waals surface area (Å²) in [4.78, 5) is 4.29. The van der Waals surface area contributed by atoms with E-state index in [0.717, 1.165) is 22.9 Å². The van der Waals surface area contributed by atoms with E-state index in [9.17, 15) is 0 Å². The molecular formula is C14H13N. The summed E-state index contributed by atoms with van der Waals surface area (Å²) in [6, 6.07) is 10.3. The predicted molar refractivity (Wildman–Crippen MR) is 64.6 cm³/mol. The molecule has 1 heterocycles. The second kappa shape index (κ2) is 4.12. The van der Waals surface area contributed by atoms with Crippen LogP contribution in [0.1, 0.15) is 18.9 Å². The lowest BCUT2D eigenvalue weighted by atomic mass is 10.0. The third kappa shape index (κ3) is 1.83. The van der Waals surface area contributed by atoms with E-state index < -0.39 is 0 Å². The first-order chi connectivity index (χ1) is 7.35. The Balaban J connectivity index is 2.61. The van der Waals surface area contributed by atoms with Crippen molar-refractivity contribution < 1.29 is 0 Å². The lowest BCUT2D eigenvalue weighted by Crippen LogP contribution is -1.83. The van der Waals surface area contributed by atoms with Crippen molar-refractivity contribution in [2.24, 2.45) is 0 Å². The van der Waals surface area contributed by atoms with Gasteiger partial charge in [0.05, 0.1) is 5.52 Å². The summed E-state index contributed by atoms with van der Waals surface area (Å²) >= 11 is 0. The number of allylic oxidation sites excluding steroid dienone is 1. The topological polar surface area (TPSA) is 12.9 Å². The summed E-state index contributed by atoms with van der Waals surface area (Å²) in [5, 5.41) is 1.16. The number of pyridine rings is 1. The molecule has 0 saturated carbocycles. The van der Waals surface area contributed by atoms with Gasteiger partial charge in [0.1, 0.15) is 0 Å². The Morgan fingerprint density at radius 2 is 2.27 bits per heavy atom. The van der Waals surface area contributed by atoms with E-state index in [1.165, 1.54) is 5.56 Å². The molecule has 0 fully saturated rings. The van der Waals surface area contributed by atoms with Gasteiger partial charge in [-0.15, -0.1) is 5.73 Å². The Morgan fingerprint density at radius 1 is 1.40 bits per heavy atom. The average Bonchev–Trinajstić information content (AvgIpc) is 2.30. The van der Waals surface area contributed by atoms with Crippen molar-refractivity contribution >= 4 is 16.5 Å². The molecule has 1 aromatic carbocycles. The first-order valence-corrected chi connectivity index (χ1v) is 5.09. The Kier molecular flexibility index (Phi) is 2.66. The van der Waals surface area contributed by atoms with Crippen molar-refractivity contribution in [2.75, 3.05) is 0 Å². The Hall–Kier alpha value is -1.85. The Bertz CT molecular complexity index is 534. The van der Waals surface area contributed by atoms with E-state index in [2.05, 4.69) is 42.4 Å². The second-order valence-corrected chi connectivity index (χ2v) is 3.42. The molecule has 15 heavy (non-hydrogen) atoms. The van der Waals surface area contributed by atoms with Crippen LogP contribution in [0, 0.1) is 0 Å². The molecule has 0 spiro atoms. The van der Waals surface area contributed by atoms with Crippen molar-refractivity contribution in [3.05, 3.63) is 54.4 Å². The summed E-state index contributed by atoms with van der Waals surface area (Å²) in [5.41, 5.74) is 6.35. The number of rotatable bonds is 2. The van der Waals surface area contributed by atoms with E-state index in [4.69, 9.17) is 0 Å². The van der Waals surface area contributed by atoms with E-state index in [0.29, 0.717) is 0 Å². The van der Waals surface area contributed by atoms with Gasteiger partial charge in [-0.25, -0.2) is 0 Å². The third-order valence-corrected chi connectivity index (χ3v) is 2.52. The molecule has 0 aliphatic carbocycles. The fraction of sp³-hybridized carbons (Fsp3) is 0.143. The van der Waals surface area contributed by atoms with Crippen LogP contribution in [0.3, 0.4) is 0 Å². The lowest BCUT2D eigenvalue weighted by Gasteiger charge is -2.03. The zero-order chi connectivity index (χ0) is 10.7. The standard InChI is InChI=1S/C14H13N/c1-3-11(4-2)12-7-8-14-13(10-12)6-5-9-15-14/h5-10H,1,4H2,2H3. The van der Waals surface area contributed by atoms with Gasteiger partial charge in [0.15, 0.2) is 0 Å². The highest BCUT2D eigenvalue weighted by molar-refractivity contribution is 5.83. The summed E-state index contributed by atoms with van der Waals surface area (Å²) in [5.74, 6) is 0. The summed E-state index contributed by atoms with van der Waals surface area (Å²) in [7, 11) is 0. The first-order valence-electron chi connectivity index (χ1n) is 5.09. The minimum absolute atomic E-state index is 0.954. The molecule has 2 aromatic rings. The molecule has 0 aliphatic heterocycles. The highest BCUT2D eigenvalue weighted by Crippen LogP contribution is 2.20. The molecule has 0 aliphatic rings. The molecular weight excluding hydrogens is 182 g/mol. The van der Waals surface area contributed by atoms with Crippen molar-refractivity contribution in [3.63, 3.8) is 0 Å². The highest BCUT2D eigenvalue weighted by Gasteiger charge is 2.00. The lowest BCUT2D eigenvalue weighted by molar-refractivity contribution is 1.24. The van der Waals surface area contributed by atoms with E-state index >= 15 is 0 Å². The van der Waals surface area contributed by atoms with E-state index in [-0.39, 0.29) is 0 Å². The number of hydrogen-bond acceptors (Lipinski definition) is 1. The third-order valence-electron chi connectivity index (χ3n) is 2.52. The van der Waals surface area contributed by atoms with Crippen LogP contribution in [0.2, 0.25) is 0 Å². The normalized spacial score (nSPS) is 9.93. The van der Waals surface area contributed by atoms with Crippen LogP contribution in [0.5, 0.6) is 0 Å². The van der Waals surface area contributed by atoms with Crippen LogP contribution in [0.25, 0.3) is 16.5 Å². The van der Waals surface area contributed by atoms with Crippen LogP contribution in [-0.4, -0.2) is 4.98 Å². The van der Waals surface area contributed by atoms with Gasteiger partial charge in [-0.2, -0.15) is 0 Å². The summed E-state index contributed by atoms with van der Waals surface area (Å²) in [6.45, 7) is 5.82. The molecule has 0 radical (unpaired) electrons. The minimum Gasteiger partial charge on any atom is -0.256 e. The molecule has 2 rings (SSSR count). The molecule has 0 saturated heterocycles. The molecule has 0 N–H and O–H groups in total. The van der Waals surface area contributed by atoms with Gasteiger partial charge in [0.25, 0.3) is 0 Å². The van der Waals surface area contributed by atoms with Crippen molar-refractivity contribution in [1.29, 1.82) is 0 Å². The number of aromatic nitrogens is 1. The zero-order valence-corrected chi connectivity index (χ0v) is 8.83. The maximum Gasteiger partial charge on any atom is 0.0702 e. The Morgan fingerprint density at radius 3 is 3.00 bits per heavy atom. The molecule has 0 unspecified atom stereocenters. The quantitative estimate of drug-likeness (QED) is 0.664. The molecule has 0 amide bonds. The number of benzene rings is 1. The molecule has 1 heteroatoms. The molecule has 0 bridgehead atoms. The van der Waals surface area contributed by atoms with Crippen molar-refractivity contribution in [1.82, 2.24) is 4.98 Å². The molecule has 0 atom stereocenters. The molecule has 1 aromatic heterocycles. The summed E-state index contributed by atoms with van der Waals surface area (Å²) in [6.07, 6.45) is 2.77. The zero-order valence-electron chi connectivity index (χ0n) is 8.83. The maximum absolute atomic E-state index is 4.29. The van der Waals surface area contributed by atoms with Gasteiger partial charge >= 0.3 is 0 Å². The van der Waals surface area contributed by atoms with Crippen LogP contribution in [0.4, 0.5) is 0 Å². The van der Waals surface area contributed by atoms with Gasteiger partial charge in [-0.05, 0) is 30.2 Å². The van der Waals surface area contributed by atoms with Gasteiger partial charge in [0, 0.05) is 17.2 Å². The number of nitrogens with zero attached hydrogens (tertiary/aromatic N) is 1. The van der Waals surface area contributed by atoms with Crippen LogP contribution >= 0.6 is 0 Å². The van der Waals surface area contributed by atoms with E-state index in [1.807, 2.05) is 18.3 Å². The van der Waals surface area contributed by atoms with Crippen LogP contribution in [-0.2, 0) is 0 Å². The van der Waals surface area contributed by atoms with Crippen molar-refractivity contribution in [2.45, 2.75) is 13.3 Å². The second-order valence-electron chi connectivity index (χ2n) is 3.42. The van der Waals surface area contributed by atoms with Crippen molar-refractivity contribution in [3.8, 4) is 0 Å². The average molecular weight is 195 g/mol.